The highest BCUT2D eigenvalue weighted by atomic mass is 32.2. The molecule has 0 saturated heterocycles. The lowest BCUT2D eigenvalue weighted by Crippen LogP contribution is -2.37. The monoisotopic (exact) mass is 392 g/mol. The molecule has 6 nitrogen and oxygen atoms in total. The third kappa shape index (κ3) is 8.13. The first-order valence-corrected chi connectivity index (χ1v) is 11.4. The van der Waals surface area contributed by atoms with E-state index in [1.54, 1.807) is 5.57 Å². The Morgan fingerprint density at radius 3 is 2.48 bits per heavy atom. The molecule has 0 aliphatic heterocycles. The number of guanidine groups is 1. The van der Waals surface area contributed by atoms with Crippen LogP contribution in [0.4, 0.5) is 0 Å². The topological polar surface area (TPSA) is 82.6 Å². The minimum atomic E-state index is -3.24. The number of hydrogen-bond acceptors (Lipinski definition) is 3. The van der Waals surface area contributed by atoms with Gasteiger partial charge in [-0.1, -0.05) is 35.9 Å². The summed E-state index contributed by atoms with van der Waals surface area (Å²) in [6.45, 7) is 4.31. The number of aliphatic imine (C=N–C) groups is 1. The summed E-state index contributed by atoms with van der Waals surface area (Å²) in [5.74, 6) is 0.809. The summed E-state index contributed by atoms with van der Waals surface area (Å²) >= 11 is 0. The predicted molar refractivity (Wildman–Crippen MR) is 112 cm³/mol. The first-order valence-electron chi connectivity index (χ1n) is 9.71. The molecule has 0 amide bonds. The molecule has 0 bridgehead atoms. The summed E-state index contributed by atoms with van der Waals surface area (Å²) in [5.41, 5.74) is 3.37. The average molecular weight is 393 g/mol. The largest absolute Gasteiger partial charge is 0.357 e. The molecule has 0 saturated carbocycles. The van der Waals surface area contributed by atoms with Crippen molar-refractivity contribution in [2.24, 2.45) is 4.99 Å². The maximum atomic E-state index is 11.6. The van der Waals surface area contributed by atoms with Crippen LogP contribution in [0.5, 0.6) is 0 Å². The number of benzene rings is 1. The van der Waals surface area contributed by atoms with E-state index < -0.39 is 10.0 Å². The van der Waals surface area contributed by atoms with Crippen molar-refractivity contribution in [3.63, 3.8) is 0 Å². The summed E-state index contributed by atoms with van der Waals surface area (Å²) in [5, 5.41) is 6.67. The molecule has 0 aromatic heterocycles. The SMILES string of the molecule is CCNC(=NCc1ccc(CS(=O)(=O)NC)cc1)NCCC1=CCCCC1. The number of allylic oxidation sites excluding steroid dienone is 1. The molecule has 2 rings (SSSR count). The van der Waals surface area contributed by atoms with E-state index in [0.29, 0.717) is 6.54 Å². The second-order valence-electron chi connectivity index (χ2n) is 6.76. The van der Waals surface area contributed by atoms with Gasteiger partial charge in [0, 0.05) is 13.1 Å². The second kappa shape index (κ2) is 11.1. The number of hydrogen-bond donors (Lipinski definition) is 3. The van der Waals surface area contributed by atoms with E-state index in [1.807, 2.05) is 24.3 Å². The van der Waals surface area contributed by atoms with Gasteiger partial charge in [-0.25, -0.2) is 18.1 Å². The molecule has 1 aliphatic carbocycles. The van der Waals surface area contributed by atoms with Crippen molar-refractivity contribution < 1.29 is 8.42 Å². The molecule has 7 heteroatoms. The summed E-state index contributed by atoms with van der Waals surface area (Å²) < 4.78 is 25.5. The van der Waals surface area contributed by atoms with Crippen LogP contribution in [0.3, 0.4) is 0 Å². The van der Waals surface area contributed by atoms with E-state index in [9.17, 15) is 8.42 Å². The lowest BCUT2D eigenvalue weighted by atomic mass is 9.97. The van der Waals surface area contributed by atoms with Gasteiger partial charge in [-0.15, -0.1) is 0 Å². The van der Waals surface area contributed by atoms with E-state index >= 15 is 0 Å². The number of nitrogens with one attached hydrogen (secondary N) is 3. The second-order valence-corrected chi connectivity index (χ2v) is 8.69. The molecule has 3 N–H and O–H groups in total. The molecule has 0 atom stereocenters. The van der Waals surface area contributed by atoms with Crippen molar-refractivity contribution in [3.8, 4) is 0 Å². The van der Waals surface area contributed by atoms with Gasteiger partial charge >= 0.3 is 0 Å². The van der Waals surface area contributed by atoms with Crippen LogP contribution in [0.2, 0.25) is 0 Å². The Morgan fingerprint density at radius 2 is 1.85 bits per heavy atom. The molecule has 0 spiro atoms. The quantitative estimate of drug-likeness (QED) is 0.343. The molecule has 0 fully saturated rings. The van der Waals surface area contributed by atoms with Gasteiger partial charge < -0.3 is 10.6 Å². The molecule has 0 unspecified atom stereocenters. The first kappa shape index (κ1) is 21.4. The minimum absolute atomic E-state index is 0.00685. The Bertz CT molecular complexity index is 740. The van der Waals surface area contributed by atoms with Crippen LogP contribution in [0.25, 0.3) is 0 Å². The van der Waals surface area contributed by atoms with Gasteiger partial charge in [0.05, 0.1) is 12.3 Å². The molecule has 27 heavy (non-hydrogen) atoms. The molecular formula is C20H32N4O2S. The normalized spacial score (nSPS) is 15.3. The van der Waals surface area contributed by atoms with E-state index in [4.69, 9.17) is 0 Å². The Kier molecular flexibility index (Phi) is 8.81. The Labute approximate surface area is 163 Å². The van der Waals surface area contributed by atoms with Crippen LogP contribution in [-0.2, 0) is 22.3 Å². The zero-order valence-electron chi connectivity index (χ0n) is 16.4. The van der Waals surface area contributed by atoms with Crippen LogP contribution in [-0.4, -0.2) is 34.5 Å². The van der Waals surface area contributed by atoms with Crippen LogP contribution in [0, 0.1) is 0 Å². The lowest BCUT2D eigenvalue weighted by molar-refractivity contribution is 0.587. The Hall–Kier alpha value is -1.86. The van der Waals surface area contributed by atoms with E-state index in [1.165, 1.54) is 32.7 Å². The van der Waals surface area contributed by atoms with Crippen molar-refractivity contribution in [2.75, 3.05) is 20.1 Å². The van der Waals surface area contributed by atoms with Gasteiger partial charge in [0.2, 0.25) is 10.0 Å². The third-order valence-corrected chi connectivity index (χ3v) is 5.91. The van der Waals surface area contributed by atoms with Gasteiger partial charge in [0.1, 0.15) is 0 Å². The molecule has 0 heterocycles. The molecule has 1 aromatic rings. The fourth-order valence-corrected chi connectivity index (χ4v) is 3.79. The zero-order chi connectivity index (χ0) is 19.5. The predicted octanol–water partition coefficient (Wildman–Crippen LogP) is 2.68. The summed E-state index contributed by atoms with van der Waals surface area (Å²) in [4.78, 5) is 4.63. The van der Waals surface area contributed by atoms with Crippen molar-refractivity contribution in [3.05, 3.63) is 47.0 Å². The molecule has 0 radical (unpaired) electrons. The highest BCUT2D eigenvalue weighted by Gasteiger charge is 2.08. The maximum Gasteiger partial charge on any atom is 0.215 e. The van der Waals surface area contributed by atoms with Crippen molar-refractivity contribution in [2.45, 2.75) is 51.3 Å². The number of sulfonamides is 1. The Morgan fingerprint density at radius 1 is 1.11 bits per heavy atom. The first-order chi connectivity index (χ1) is 13.0. The lowest BCUT2D eigenvalue weighted by Gasteiger charge is -2.15. The van der Waals surface area contributed by atoms with Gasteiger partial charge in [-0.2, -0.15) is 0 Å². The van der Waals surface area contributed by atoms with Crippen molar-refractivity contribution in [1.29, 1.82) is 0 Å². The molecular weight excluding hydrogens is 360 g/mol. The summed E-state index contributed by atoms with van der Waals surface area (Å²) in [6, 6.07) is 7.55. The van der Waals surface area contributed by atoms with Crippen molar-refractivity contribution in [1.82, 2.24) is 15.4 Å². The average Bonchev–Trinajstić information content (AvgIpc) is 2.68. The van der Waals surface area contributed by atoms with Gasteiger partial charge in [0.25, 0.3) is 0 Å². The maximum absolute atomic E-state index is 11.6. The van der Waals surface area contributed by atoms with Crippen LogP contribution < -0.4 is 15.4 Å². The Balaban J connectivity index is 1.86. The molecule has 150 valence electrons. The van der Waals surface area contributed by atoms with Crippen LogP contribution in [0.1, 0.15) is 50.2 Å². The van der Waals surface area contributed by atoms with E-state index in [0.717, 1.165) is 36.6 Å². The highest BCUT2D eigenvalue weighted by Crippen LogP contribution is 2.19. The van der Waals surface area contributed by atoms with Crippen molar-refractivity contribution >= 4 is 16.0 Å². The number of nitrogens with zero attached hydrogens (tertiary/aromatic N) is 1. The molecule has 1 aromatic carbocycles. The fraction of sp³-hybridized carbons (Fsp3) is 0.550. The summed E-state index contributed by atoms with van der Waals surface area (Å²) in [7, 11) is -1.81. The van der Waals surface area contributed by atoms with Gasteiger partial charge in [0.15, 0.2) is 5.96 Å². The van der Waals surface area contributed by atoms with Crippen LogP contribution >= 0.6 is 0 Å². The smallest absolute Gasteiger partial charge is 0.215 e. The van der Waals surface area contributed by atoms with E-state index in [2.05, 4.69) is 33.3 Å². The fourth-order valence-electron chi connectivity index (χ4n) is 3.02. The van der Waals surface area contributed by atoms with Gasteiger partial charge in [-0.05, 0) is 57.2 Å². The third-order valence-electron chi connectivity index (χ3n) is 4.58. The summed E-state index contributed by atoms with van der Waals surface area (Å²) in [6.07, 6.45) is 8.52. The minimum Gasteiger partial charge on any atom is -0.357 e. The number of rotatable bonds is 9. The highest BCUT2D eigenvalue weighted by molar-refractivity contribution is 7.88. The van der Waals surface area contributed by atoms with Crippen LogP contribution in [0.15, 0.2) is 40.9 Å². The zero-order valence-corrected chi connectivity index (χ0v) is 17.2. The van der Waals surface area contributed by atoms with Gasteiger partial charge in [-0.3, -0.25) is 0 Å². The molecule has 1 aliphatic rings. The van der Waals surface area contributed by atoms with E-state index in [-0.39, 0.29) is 5.75 Å². The standard InChI is InChI=1S/C20H32N4O2S/c1-3-22-20(23-14-13-17-7-5-4-6-8-17)24-15-18-9-11-19(12-10-18)16-27(25,26)21-2/h7,9-12,21H,3-6,8,13-16H2,1-2H3,(H2,22,23,24).